The lowest BCUT2D eigenvalue weighted by molar-refractivity contribution is -0.153. The Balaban J connectivity index is 3.90. The normalized spacial score (nSPS) is 14.2. The lowest BCUT2D eigenvalue weighted by Crippen LogP contribution is -2.28. The number of esters is 2. The van der Waals surface area contributed by atoms with E-state index in [1.807, 2.05) is 0 Å². The van der Waals surface area contributed by atoms with Gasteiger partial charge in [0, 0.05) is 12.8 Å². The number of unbranched alkanes of at least 4 members (excludes halogenated alkanes) is 22. The van der Waals surface area contributed by atoms with Crippen molar-refractivity contribution >= 4 is 19.8 Å². The molecule has 11 heteroatoms. The van der Waals surface area contributed by atoms with E-state index in [4.69, 9.17) is 18.5 Å². The number of aliphatic hydroxyl groups excluding tert-OH is 2. The van der Waals surface area contributed by atoms with E-state index in [-0.39, 0.29) is 12.8 Å². The van der Waals surface area contributed by atoms with E-state index >= 15 is 0 Å². The zero-order valence-electron chi connectivity index (χ0n) is 37.5. The Hall–Kier alpha value is -2.07. The minimum atomic E-state index is -4.64. The number of ether oxygens (including phenoxy) is 2. The average Bonchev–Trinajstić information content (AvgIpc) is 3.22. The molecule has 0 aliphatic heterocycles. The summed E-state index contributed by atoms with van der Waals surface area (Å²) in [6.45, 7) is 2.16. The van der Waals surface area contributed by atoms with Crippen LogP contribution in [0.1, 0.15) is 206 Å². The molecule has 0 bridgehead atoms. The van der Waals surface area contributed by atoms with Gasteiger partial charge in [-0.2, -0.15) is 0 Å². The standard InChI is InChI=1S/C48H87O10P/c1-3-5-7-9-11-13-15-17-19-21-22-24-26-28-30-32-34-36-38-40-48(52)58-46(42-50)44-56-59(53,54)55-43-45(41-49)57-47(51)39-37-35-33-31-29-27-25-23-20-18-16-14-12-10-8-6-4-2/h11-14,17-20,45-46,49-50H,3-10,15-16,21-44H2,1-2H3,(H,53,54)/b13-11-,14-12-,19-17-,20-18-. The van der Waals surface area contributed by atoms with Crippen molar-refractivity contribution < 1.29 is 47.8 Å². The second-order valence-corrected chi connectivity index (χ2v) is 17.2. The summed E-state index contributed by atoms with van der Waals surface area (Å²) < 4.78 is 32.6. The molecule has 10 nitrogen and oxygen atoms in total. The van der Waals surface area contributed by atoms with Crippen molar-refractivity contribution in [1.82, 2.24) is 0 Å². The molecule has 3 N–H and O–H groups in total. The van der Waals surface area contributed by atoms with Gasteiger partial charge in [-0.25, -0.2) is 4.57 Å². The van der Waals surface area contributed by atoms with Crippen molar-refractivity contribution in [3.63, 3.8) is 0 Å². The molecule has 0 spiro atoms. The number of aliphatic hydroxyl groups is 2. The molecule has 0 aliphatic rings. The second-order valence-electron chi connectivity index (χ2n) is 15.7. The van der Waals surface area contributed by atoms with Crippen LogP contribution in [0.5, 0.6) is 0 Å². The smallest absolute Gasteiger partial charge is 0.457 e. The third-order valence-corrected chi connectivity index (χ3v) is 11.0. The van der Waals surface area contributed by atoms with Gasteiger partial charge in [0.2, 0.25) is 0 Å². The average molecular weight is 855 g/mol. The molecule has 3 atom stereocenters. The molecule has 0 saturated heterocycles. The highest BCUT2D eigenvalue weighted by Crippen LogP contribution is 2.43. The van der Waals surface area contributed by atoms with Gasteiger partial charge in [-0.15, -0.1) is 0 Å². The number of phosphoric acid groups is 1. The van der Waals surface area contributed by atoms with Crippen LogP contribution in [-0.4, -0.2) is 65.7 Å². The Morgan fingerprint density at radius 1 is 0.458 bits per heavy atom. The third kappa shape index (κ3) is 42.4. The maximum Gasteiger partial charge on any atom is 0.472 e. The number of carbonyl (C=O) groups is 2. The molecule has 0 aromatic carbocycles. The van der Waals surface area contributed by atoms with Crippen molar-refractivity contribution in [2.45, 2.75) is 219 Å². The number of hydrogen-bond donors (Lipinski definition) is 3. The van der Waals surface area contributed by atoms with Gasteiger partial charge in [0.1, 0.15) is 12.2 Å². The molecule has 0 aromatic rings. The van der Waals surface area contributed by atoms with Gasteiger partial charge in [0.15, 0.2) is 0 Å². The molecule has 344 valence electrons. The first-order chi connectivity index (χ1) is 28.8. The first kappa shape index (κ1) is 56.9. The molecule has 0 fully saturated rings. The fraction of sp³-hybridized carbons (Fsp3) is 0.792. The molecule has 59 heavy (non-hydrogen) atoms. The number of carbonyl (C=O) groups excluding carboxylic acids is 2. The first-order valence-corrected chi connectivity index (χ1v) is 25.1. The van der Waals surface area contributed by atoms with Crippen LogP contribution in [0, 0.1) is 0 Å². The molecule has 3 unspecified atom stereocenters. The first-order valence-electron chi connectivity index (χ1n) is 23.6. The van der Waals surface area contributed by atoms with Gasteiger partial charge >= 0.3 is 19.8 Å². The van der Waals surface area contributed by atoms with E-state index in [9.17, 15) is 29.3 Å². The summed E-state index contributed by atoms with van der Waals surface area (Å²) >= 11 is 0. The summed E-state index contributed by atoms with van der Waals surface area (Å²) in [7, 11) is -4.64. The Bertz CT molecular complexity index is 1120. The van der Waals surface area contributed by atoms with Crippen molar-refractivity contribution in [1.29, 1.82) is 0 Å². The Labute approximate surface area is 360 Å². The van der Waals surface area contributed by atoms with Gasteiger partial charge in [0.05, 0.1) is 26.4 Å². The molecule has 0 aliphatic carbocycles. The van der Waals surface area contributed by atoms with E-state index < -0.39 is 58.4 Å². The predicted molar refractivity (Wildman–Crippen MR) is 242 cm³/mol. The molecule has 0 amide bonds. The predicted octanol–water partition coefficient (Wildman–Crippen LogP) is 12.9. The van der Waals surface area contributed by atoms with Crippen LogP contribution >= 0.6 is 7.82 Å². The highest BCUT2D eigenvalue weighted by atomic mass is 31.2. The van der Waals surface area contributed by atoms with Crippen LogP contribution in [0.4, 0.5) is 0 Å². The molecule has 0 aromatic heterocycles. The van der Waals surface area contributed by atoms with Gasteiger partial charge < -0.3 is 24.6 Å². The van der Waals surface area contributed by atoms with Crippen LogP contribution in [0.25, 0.3) is 0 Å². The van der Waals surface area contributed by atoms with Crippen LogP contribution in [0.3, 0.4) is 0 Å². The lowest BCUT2D eigenvalue weighted by Gasteiger charge is -2.20. The zero-order valence-corrected chi connectivity index (χ0v) is 38.4. The zero-order chi connectivity index (χ0) is 43.3. The molecule has 0 saturated carbocycles. The molecular weight excluding hydrogens is 767 g/mol. The maximum absolute atomic E-state index is 12.4. The van der Waals surface area contributed by atoms with E-state index in [1.54, 1.807) is 0 Å². The summed E-state index contributed by atoms with van der Waals surface area (Å²) in [4.78, 5) is 34.6. The summed E-state index contributed by atoms with van der Waals surface area (Å²) in [5.74, 6) is -1.03. The molecular formula is C48H87O10P. The Morgan fingerprint density at radius 3 is 1.05 bits per heavy atom. The second kappa shape index (κ2) is 44.0. The summed E-state index contributed by atoms with van der Waals surface area (Å²) in [6.07, 6.45) is 47.9. The number of rotatable bonds is 44. The quantitative estimate of drug-likeness (QED) is 0.0234. The van der Waals surface area contributed by atoms with Crippen molar-refractivity contribution in [2.24, 2.45) is 0 Å². The van der Waals surface area contributed by atoms with E-state index in [2.05, 4.69) is 62.5 Å². The van der Waals surface area contributed by atoms with E-state index in [1.165, 1.54) is 103 Å². The summed E-state index contributed by atoms with van der Waals surface area (Å²) in [6, 6.07) is 0. The maximum atomic E-state index is 12.4. The van der Waals surface area contributed by atoms with Gasteiger partial charge in [-0.3, -0.25) is 18.6 Å². The fourth-order valence-electron chi connectivity index (χ4n) is 6.35. The monoisotopic (exact) mass is 855 g/mol. The van der Waals surface area contributed by atoms with Crippen molar-refractivity contribution in [3.8, 4) is 0 Å². The highest BCUT2D eigenvalue weighted by Gasteiger charge is 2.27. The highest BCUT2D eigenvalue weighted by molar-refractivity contribution is 7.47. The molecule has 0 radical (unpaired) electrons. The van der Waals surface area contributed by atoms with Gasteiger partial charge in [0.25, 0.3) is 0 Å². The number of allylic oxidation sites excluding steroid dienone is 8. The molecule has 0 heterocycles. The van der Waals surface area contributed by atoms with Gasteiger partial charge in [-0.1, -0.05) is 165 Å². The van der Waals surface area contributed by atoms with Crippen LogP contribution in [0.15, 0.2) is 48.6 Å². The van der Waals surface area contributed by atoms with E-state index in [0.29, 0.717) is 12.8 Å². The Kier molecular flexibility index (Phi) is 42.5. The Morgan fingerprint density at radius 2 is 0.746 bits per heavy atom. The SMILES string of the molecule is CCCCC/C=C\C/C=C\CCCCCCCCCCCC(=O)OC(CO)COP(=O)(O)OCC(CO)OC(=O)CCCCCCCCC/C=C\C/C=C\CCCCC. The van der Waals surface area contributed by atoms with Crippen molar-refractivity contribution in [2.75, 3.05) is 26.4 Å². The fourth-order valence-corrected chi connectivity index (χ4v) is 7.14. The topological polar surface area (TPSA) is 149 Å². The van der Waals surface area contributed by atoms with Gasteiger partial charge in [-0.05, 0) is 77.0 Å². The largest absolute Gasteiger partial charge is 0.472 e. The number of phosphoric ester groups is 1. The van der Waals surface area contributed by atoms with Crippen LogP contribution < -0.4 is 0 Å². The minimum Gasteiger partial charge on any atom is -0.457 e. The summed E-state index contributed by atoms with van der Waals surface area (Å²) in [5.41, 5.74) is 0. The summed E-state index contributed by atoms with van der Waals surface area (Å²) in [5, 5.41) is 19.2. The lowest BCUT2D eigenvalue weighted by atomic mass is 10.1. The van der Waals surface area contributed by atoms with Crippen LogP contribution in [-0.2, 0) is 32.7 Å². The number of hydrogen-bond acceptors (Lipinski definition) is 9. The van der Waals surface area contributed by atoms with E-state index in [0.717, 1.165) is 64.2 Å². The third-order valence-electron chi connectivity index (χ3n) is 10.0. The molecule has 0 rings (SSSR count). The van der Waals surface area contributed by atoms with Crippen LogP contribution in [0.2, 0.25) is 0 Å². The van der Waals surface area contributed by atoms with Crippen molar-refractivity contribution in [3.05, 3.63) is 48.6 Å². The minimum absolute atomic E-state index is 0.182.